The van der Waals surface area contributed by atoms with Crippen LogP contribution in [-0.2, 0) is 0 Å². The molecule has 4 heteroatoms. The van der Waals surface area contributed by atoms with Crippen LogP contribution in [0, 0.1) is 11.8 Å². The molecule has 0 radical (unpaired) electrons. The van der Waals surface area contributed by atoms with Gasteiger partial charge in [-0.15, -0.1) is 11.3 Å². The molecular weight excluding hydrogens is 222 g/mol. The summed E-state index contributed by atoms with van der Waals surface area (Å²) in [6.45, 7) is 1.99. The fourth-order valence-electron chi connectivity index (χ4n) is 2.99. The quantitative estimate of drug-likeness (QED) is 0.797. The maximum Gasteiger partial charge on any atom is 0.160 e. The predicted octanol–water partition coefficient (Wildman–Crippen LogP) is 1.77. The van der Waals surface area contributed by atoms with Gasteiger partial charge in [0.25, 0.3) is 0 Å². The number of anilines is 1. The number of nitrogens with zero attached hydrogens (tertiary/aromatic N) is 1. The molecule has 1 saturated carbocycles. The lowest BCUT2D eigenvalue weighted by atomic mass is 10.00. The van der Waals surface area contributed by atoms with Crippen LogP contribution >= 0.6 is 11.3 Å². The van der Waals surface area contributed by atoms with Crippen molar-refractivity contribution in [1.82, 2.24) is 0 Å². The standard InChI is InChI=1S/C12H15NO2S/c14-7-9-2-4-12(16-9)13-5-8-1-3-11(15)10(8)6-13/h2,4,7-8,10-11,15H,1,3,5-6H2. The molecule has 2 fully saturated rings. The minimum absolute atomic E-state index is 0.111. The molecule has 2 heterocycles. The van der Waals surface area contributed by atoms with Crippen LogP contribution in [0.3, 0.4) is 0 Å². The van der Waals surface area contributed by atoms with Crippen LogP contribution in [0.5, 0.6) is 0 Å². The molecular formula is C12H15NO2S. The zero-order chi connectivity index (χ0) is 11.1. The highest BCUT2D eigenvalue weighted by Gasteiger charge is 2.42. The molecule has 16 heavy (non-hydrogen) atoms. The number of hydrogen-bond acceptors (Lipinski definition) is 4. The summed E-state index contributed by atoms with van der Waals surface area (Å²) in [5.41, 5.74) is 0. The summed E-state index contributed by atoms with van der Waals surface area (Å²) in [4.78, 5) is 13.7. The zero-order valence-electron chi connectivity index (χ0n) is 9.00. The smallest absolute Gasteiger partial charge is 0.160 e. The van der Waals surface area contributed by atoms with Gasteiger partial charge in [-0.1, -0.05) is 0 Å². The largest absolute Gasteiger partial charge is 0.393 e. The second-order valence-corrected chi connectivity index (χ2v) is 5.86. The van der Waals surface area contributed by atoms with Gasteiger partial charge < -0.3 is 10.0 Å². The molecule has 1 aliphatic carbocycles. The minimum atomic E-state index is -0.111. The number of carbonyl (C=O) groups excluding carboxylic acids is 1. The SMILES string of the molecule is O=Cc1ccc(N2CC3CCC(O)C3C2)s1. The number of rotatable bonds is 2. The first kappa shape index (κ1) is 10.3. The Hall–Kier alpha value is -0.870. The van der Waals surface area contributed by atoms with E-state index in [0.29, 0.717) is 11.8 Å². The van der Waals surface area contributed by atoms with Gasteiger partial charge >= 0.3 is 0 Å². The van der Waals surface area contributed by atoms with E-state index in [-0.39, 0.29) is 6.10 Å². The Morgan fingerprint density at radius 2 is 2.25 bits per heavy atom. The number of aliphatic hydroxyl groups is 1. The van der Waals surface area contributed by atoms with E-state index >= 15 is 0 Å². The first-order valence-electron chi connectivity index (χ1n) is 5.76. The molecule has 0 amide bonds. The maximum atomic E-state index is 10.6. The topological polar surface area (TPSA) is 40.5 Å². The van der Waals surface area contributed by atoms with Gasteiger partial charge in [0.05, 0.1) is 16.0 Å². The van der Waals surface area contributed by atoms with Crippen LogP contribution in [0.25, 0.3) is 0 Å². The van der Waals surface area contributed by atoms with Crippen LogP contribution in [0.2, 0.25) is 0 Å². The van der Waals surface area contributed by atoms with E-state index in [0.717, 1.165) is 37.1 Å². The lowest BCUT2D eigenvalue weighted by molar-refractivity contribution is 0.112. The number of hydrogen-bond donors (Lipinski definition) is 1. The van der Waals surface area contributed by atoms with Crippen molar-refractivity contribution >= 4 is 22.6 Å². The number of aliphatic hydroxyl groups excluding tert-OH is 1. The van der Waals surface area contributed by atoms with Crippen molar-refractivity contribution in [2.75, 3.05) is 18.0 Å². The van der Waals surface area contributed by atoms with Crippen LogP contribution < -0.4 is 4.90 Å². The van der Waals surface area contributed by atoms with Crippen molar-refractivity contribution in [2.45, 2.75) is 18.9 Å². The zero-order valence-corrected chi connectivity index (χ0v) is 9.82. The number of thiophene rings is 1. The second kappa shape index (κ2) is 3.86. The van der Waals surface area contributed by atoms with Crippen LogP contribution in [-0.4, -0.2) is 30.6 Å². The van der Waals surface area contributed by atoms with Gasteiger partial charge in [0.1, 0.15) is 0 Å². The van der Waals surface area contributed by atoms with Crippen LogP contribution in [0.15, 0.2) is 12.1 Å². The normalized spacial score (nSPS) is 33.1. The van der Waals surface area contributed by atoms with E-state index < -0.39 is 0 Å². The Bertz CT molecular complexity index is 403. The average molecular weight is 237 g/mol. The molecule has 1 aromatic heterocycles. The summed E-state index contributed by atoms with van der Waals surface area (Å²) in [6.07, 6.45) is 2.90. The summed E-state index contributed by atoms with van der Waals surface area (Å²) < 4.78 is 0. The first-order chi connectivity index (χ1) is 7.78. The van der Waals surface area contributed by atoms with Crippen LogP contribution in [0.1, 0.15) is 22.5 Å². The summed E-state index contributed by atoms with van der Waals surface area (Å²) in [5.74, 6) is 1.10. The third kappa shape index (κ3) is 1.57. The Labute approximate surface area is 98.7 Å². The van der Waals surface area contributed by atoms with E-state index in [4.69, 9.17) is 0 Å². The van der Waals surface area contributed by atoms with Crippen molar-refractivity contribution in [2.24, 2.45) is 11.8 Å². The molecule has 0 spiro atoms. The molecule has 1 aliphatic heterocycles. The highest BCUT2D eigenvalue weighted by Crippen LogP contribution is 2.41. The Kier molecular flexibility index (Phi) is 2.48. The van der Waals surface area contributed by atoms with E-state index in [1.165, 1.54) is 5.00 Å². The number of fused-ring (bicyclic) bond motifs is 1. The van der Waals surface area contributed by atoms with E-state index in [2.05, 4.69) is 4.90 Å². The molecule has 3 rings (SSSR count). The second-order valence-electron chi connectivity index (χ2n) is 4.77. The Morgan fingerprint density at radius 1 is 1.38 bits per heavy atom. The van der Waals surface area contributed by atoms with Crippen LogP contribution in [0.4, 0.5) is 5.00 Å². The average Bonchev–Trinajstić information content (AvgIpc) is 2.95. The molecule has 3 unspecified atom stereocenters. The summed E-state index contributed by atoms with van der Waals surface area (Å²) >= 11 is 1.55. The number of carbonyl (C=O) groups is 1. The molecule has 3 nitrogen and oxygen atoms in total. The highest BCUT2D eigenvalue weighted by molar-refractivity contribution is 7.17. The highest BCUT2D eigenvalue weighted by atomic mass is 32.1. The molecule has 1 saturated heterocycles. The molecule has 86 valence electrons. The van der Waals surface area contributed by atoms with Gasteiger partial charge in [-0.05, 0) is 30.9 Å². The van der Waals surface area contributed by atoms with Crippen molar-refractivity contribution in [1.29, 1.82) is 0 Å². The monoisotopic (exact) mass is 237 g/mol. The van der Waals surface area contributed by atoms with Gasteiger partial charge in [-0.3, -0.25) is 4.79 Å². The van der Waals surface area contributed by atoms with Gasteiger partial charge in [-0.25, -0.2) is 0 Å². The summed E-state index contributed by atoms with van der Waals surface area (Å²) in [5, 5.41) is 11.0. The molecule has 1 N–H and O–H groups in total. The number of aldehydes is 1. The fourth-order valence-corrected chi connectivity index (χ4v) is 3.83. The predicted molar refractivity (Wildman–Crippen MR) is 64.1 cm³/mol. The van der Waals surface area contributed by atoms with E-state index in [1.807, 2.05) is 12.1 Å². The third-order valence-electron chi connectivity index (χ3n) is 3.86. The maximum absolute atomic E-state index is 10.6. The molecule has 0 aromatic carbocycles. The fraction of sp³-hybridized carbons (Fsp3) is 0.583. The van der Waals surface area contributed by atoms with E-state index in [9.17, 15) is 9.90 Å². The van der Waals surface area contributed by atoms with Crippen molar-refractivity contribution < 1.29 is 9.90 Å². The summed E-state index contributed by atoms with van der Waals surface area (Å²) in [6, 6.07) is 3.89. The lowest BCUT2D eigenvalue weighted by Gasteiger charge is -2.18. The minimum Gasteiger partial charge on any atom is -0.393 e. The van der Waals surface area contributed by atoms with Crippen molar-refractivity contribution in [3.05, 3.63) is 17.0 Å². The Balaban J connectivity index is 1.76. The van der Waals surface area contributed by atoms with Crippen molar-refractivity contribution in [3.8, 4) is 0 Å². The van der Waals surface area contributed by atoms with Gasteiger partial charge in [-0.2, -0.15) is 0 Å². The Morgan fingerprint density at radius 3 is 2.94 bits per heavy atom. The molecule has 2 aliphatic rings. The molecule has 3 atom stereocenters. The first-order valence-corrected chi connectivity index (χ1v) is 6.57. The van der Waals surface area contributed by atoms with Gasteiger partial charge in [0, 0.05) is 19.0 Å². The lowest BCUT2D eigenvalue weighted by Crippen LogP contribution is -2.23. The third-order valence-corrected chi connectivity index (χ3v) is 4.93. The van der Waals surface area contributed by atoms with Gasteiger partial charge in [0.15, 0.2) is 6.29 Å². The molecule has 1 aromatic rings. The van der Waals surface area contributed by atoms with Crippen molar-refractivity contribution in [3.63, 3.8) is 0 Å². The van der Waals surface area contributed by atoms with Gasteiger partial charge in [0.2, 0.25) is 0 Å². The molecule has 0 bridgehead atoms. The van der Waals surface area contributed by atoms with E-state index in [1.54, 1.807) is 11.3 Å². The summed E-state index contributed by atoms with van der Waals surface area (Å²) in [7, 11) is 0.